The number of aromatic nitrogens is 2. The van der Waals surface area contributed by atoms with Gasteiger partial charge in [0.15, 0.2) is 0 Å². The van der Waals surface area contributed by atoms with Crippen LogP contribution in [0.2, 0.25) is 0 Å². The van der Waals surface area contributed by atoms with Gasteiger partial charge in [0.2, 0.25) is 10.0 Å². The number of hydrogen-bond donors (Lipinski definition) is 1. The molecule has 1 N–H and O–H groups in total. The summed E-state index contributed by atoms with van der Waals surface area (Å²) in [5, 5.41) is 0. The van der Waals surface area contributed by atoms with Gasteiger partial charge < -0.3 is 14.6 Å². The van der Waals surface area contributed by atoms with Crippen LogP contribution >= 0.6 is 0 Å². The van der Waals surface area contributed by atoms with Crippen molar-refractivity contribution >= 4 is 21.4 Å². The van der Waals surface area contributed by atoms with Crippen molar-refractivity contribution in [2.75, 3.05) is 35.7 Å². The van der Waals surface area contributed by atoms with Crippen molar-refractivity contribution in [1.29, 1.82) is 0 Å². The molecule has 7 nitrogen and oxygen atoms in total. The molecule has 0 aliphatic carbocycles. The summed E-state index contributed by atoms with van der Waals surface area (Å²) in [6.45, 7) is 1.97. The van der Waals surface area contributed by atoms with Gasteiger partial charge in [-0.15, -0.1) is 0 Å². The number of ether oxygens (including phenoxy) is 1. The Kier molecular flexibility index (Phi) is 3.69. The monoisotopic (exact) mass is 322 g/mol. The Bertz CT molecular complexity index is 758. The fourth-order valence-electron chi connectivity index (χ4n) is 2.39. The number of nitrogens with one attached hydrogen (secondary N) is 1. The van der Waals surface area contributed by atoms with Crippen LogP contribution in [0.5, 0.6) is 5.75 Å². The van der Waals surface area contributed by atoms with Gasteiger partial charge in [-0.2, -0.15) is 0 Å². The number of rotatable bonds is 4. The van der Waals surface area contributed by atoms with E-state index in [-0.39, 0.29) is 0 Å². The number of imidazole rings is 1. The predicted octanol–water partition coefficient (Wildman–Crippen LogP) is 1.20. The molecule has 2 aromatic rings. The van der Waals surface area contributed by atoms with Crippen molar-refractivity contribution in [3.8, 4) is 5.75 Å². The van der Waals surface area contributed by atoms with E-state index in [2.05, 4.69) is 14.9 Å². The Morgan fingerprint density at radius 2 is 2.27 bits per heavy atom. The van der Waals surface area contributed by atoms with Crippen LogP contribution in [0, 0.1) is 0 Å². The van der Waals surface area contributed by atoms with Crippen molar-refractivity contribution in [2.24, 2.45) is 0 Å². The van der Waals surface area contributed by atoms with Gasteiger partial charge in [0.05, 0.1) is 42.7 Å². The first-order valence-electron chi connectivity index (χ1n) is 6.88. The van der Waals surface area contributed by atoms with Crippen molar-refractivity contribution in [3.63, 3.8) is 0 Å². The molecule has 0 saturated heterocycles. The predicted molar refractivity (Wildman–Crippen MR) is 84.8 cm³/mol. The van der Waals surface area contributed by atoms with Gasteiger partial charge in [-0.05, 0) is 18.2 Å². The van der Waals surface area contributed by atoms with E-state index in [9.17, 15) is 8.42 Å². The van der Waals surface area contributed by atoms with E-state index in [0.717, 1.165) is 23.7 Å². The van der Waals surface area contributed by atoms with E-state index >= 15 is 0 Å². The third kappa shape index (κ3) is 2.87. The maximum atomic E-state index is 11.7. The molecular formula is C14H18N4O3S. The van der Waals surface area contributed by atoms with Gasteiger partial charge in [-0.3, -0.25) is 4.31 Å². The fraction of sp³-hybridized carbons (Fsp3) is 0.357. The smallest absolute Gasteiger partial charge is 0.231 e. The van der Waals surface area contributed by atoms with E-state index < -0.39 is 10.0 Å². The molecule has 118 valence electrons. The maximum Gasteiger partial charge on any atom is 0.231 e. The quantitative estimate of drug-likeness (QED) is 0.915. The van der Waals surface area contributed by atoms with Gasteiger partial charge in [0, 0.05) is 13.2 Å². The van der Waals surface area contributed by atoms with Crippen LogP contribution in [0.25, 0.3) is 0 Å². The Morgan fingerprint density at radius 3 is 2.95 bits per heavy atom. The zero-order chi connectivity index (χ0) is 15.7. The molecule has 2 heterocycles. The number of H-pyrrole nitrogens is 1. The lowest BCUT2D eigenvalue weighted by Crippen LogP contribution is -2.33. The van der Waals surface area contributed by atoms with Crippen LogP contribution in [-0.2, 0) is 16.6 Å². The lowest BCUT2D eigenvalue weighted by molar-refractivity contribution is 0.307. The van der Waals surface area contributed by atoms with Crippen molar-refractivity contribution < 1.29 is 13.2 Å². The maximum absolute atomic E-state index is 11.7. The topological polar surface area (TPSA) is 78.5 Å². The summed E-state index contributed by atoms with van der Waals surface area (Å²) in [5.74, 6) is 0.757. The Morgan fingerprint density at radius 1 is 1.45 bits per heavy atom. The van der Waals surface area contributed by atoms with Crippen LogP contribution in [0.1, 0.15) is 5.69 Å². The zero-order valence-corrected chi connectivity index (χ0v) is 13.3. The Balaban J connectivity index is 1.94. The zero-order valence-electron chi connectivity index (χ0n) is 12.5. The first kappa shape index (κ1) is 14.7. The number of nitrogens with zero attached hydrogens (tertiary/aromatic N) is 3. The number of benzene rings is 1. The number of sulfonamides is 1. The summed E-state index contributed by atoms with van der Waals surface area (Å²) in [6.07, 6.45) is 4.68. The molecule has 8 heteroatoms. The Labute approximate surface area is 129 Å². The number of hydrogen-bond acceptors (Lipinski definition) is 5. The van der Waals surface area contributed by atoms with Crippen LogP contribution < -0.4 is 13.9 Å². The van der Waals surface area contributed by atoms with Gasteiger partial charge >= 0.3 is 0 Å². The standard InChI is InChI=1S/C14H18N4O3S/c1-17(22(2,19)20)12-3-4-14-13(7-12)18(5-6-21-14)9-11-8-15-10-16-11/h3-4,7-8,10H,5-6,9H2,1-2H3,(H,15,16). The average molecular weight is 322 g/mol. The second-order valence-electron chi connectivity index (χ2n) is 5.21. The van der Waals surface area contributed by atoms with Crippen molar-refractivity contribution in [2.45, 2.75) is 6.54 Å². The van der Waals surface area contributed by atoms with E-state index in [4.69, 9.17) is 4.74 Å². The van der Waals surface area contributed by atoms with E-state index in [1.165, 1.54) is 10.6 Å². The fourth-order valence-corrected chi connectivity index (χ4v) is 2.88. The third-order valence-electron chi connectivity index (χ3n) is 3.67. The molecule has 3 rings (SSSR count). The summed E-state index contributed by atoms with van der Waals surface area (Å²) in [6, 6.07) is 5.39. The summed E-state index contributed by atoms with van der Waals surface area (Å²) in [4.78, 5) is 9.31. The summed E-state index contributed by atoms with van der Waals surface area (Å²) < 4.78 is 30.3. The molecule has 1 aromatic heterocycles. The minimum Gasteiger partial charge on any atom is -0.490 e. The van der Waals surface area contributed by atoms with E-state index in [1.807, 2.05) is 18.3 Å². The molecular weight excluding hydrogens is 304 g/mol. The molecule has 0 fully saturated rings. The minimum absolute atomic E-state index is 0.596. The first-order valence-corrected chi connectivity index (χ1v) is 8.73. The third-order valence-corrected chi connectivity index (χ3v) is 4.88. The van der Waals surface area contributed by atoms with E-state index in [0.29, 0.717) is 18.8 Å². The van der Waals surface area contributed by atoms with Crippen LogP contribution in [0.3, 0.4) is 0 Å². The van der Waals surface area contributed by atoms with Gasteiger partial charge in [-0.25, -0.2) is 13.4 Å². The number of fused-ring (bicyclic) bond motifs is 1. The second kappa shape index (κ2) is 5.53. The average Bonchev–Trinajstić information content (AvgIpc) is 2.98. The molecule has 0 bridgehead atoms. The summed E-state index contributed by atoms with van der Waals surface area (Å²) in [7, 11) is -1.75. The molecule has 0 spiro atoms. The first-order chi connectivity index (χ1) is 10.4. The minimum atomic E-state index is -3.29. The SMILES string of the molecule is CN(c1ccc2c(c1)N(Cc1c[nH]cn1)CCO2)S(C)(=O)=O. The van der Waals surface area contributed by atoms with Crippen LogP contribution in [-0.4, -0.2) is 44.8 Å². The molecule has 1 aromatic carbocycles. The van der Waals surface area contributed by atoms with E-state index in [1.54, 1.807) is 19.4 Å². The van der Waals surface area contributed by atoms with Crippen LogP contribution in [0.4, 0.5) is 11.4 Å². The molecule has 0 amide bonds. The van der Waals surface area contributed by atoms with Gasteiger partial charge in [0.25, 0.3) is 0 Å². The number of aromatic amines is 1. The number of anilines is 2. The molecule has 0 radical (unpaired) electrons. The molecule has 1 aliphatic rings. The highest BCUT2D eigenvalue weighted by Gasteiger charge is 2.21. The van der Waals surface area contributed by atoms with Gasteiger partial charge in [0.1, 0.15) is 12.4 Å². The molecule has 0 saturated carbocycles. The molecule has 0 atom stereocenters. The highest BCUT2D eigenvalue weighted by molar-refractivity contribution is 7.92. The molecule has 1 aliphatic heterocycles. The van der Waals surface area contributed by atoms with Crippen molar-refractivity contribution in [1.82, 2.24) is 9.97 Å². The normalized spacial score (nSPS) is 14.4. The molecule has 0 unspecified atom stereocenters. The summed E-state index contributed by atoms with van der Waals surface area (Å²) >= 11 is 0. The summed E-state index contributed by atoms with van der Waals surface area (Å²) in [5.41, 5.74) is 2.41. The van der Waals surface area contributed by atoms with Crippen LogP contribution in [0.15, 0.2) is 30.7 Å². The molecule has 22 heavy (non-hydrogen) atoms. The Hall–Kier alpha value is -2.22. The lowest BCUT2D eigenvalue weighted by atomic mass is 10.2. The second-order valence-corrected chi connectivity index (χ2v) is 7.23. The van der Waals surface area contributed by atoms with Gasteiger partial charge in [-0.1, -0.05) is 0 Å². The lowest BCUT2D eigenvalue weighted by Gasteiger charge is -2.31. The highest BCUT2D eigenvalue weighted by Crippen LogP contribution is 2.36. The largest absolute Gasteiger partial charge is 0.490 e. The van der Waals surface area contributed by atoms with Crippen molar-refractivity contribution in [3.05, 3.63) is 36.4 Å². The highest BCUT2D eigenvalue weighted by atomic mass is 32.2.